The molecule has 2 saturated heterocycles. The van der Waals surface area contributed by atoms with Crippen LogP contribution in [0.15, 0.2) is 60.2 Å². The number of nitrogens with one attached hydrogen (secondary N) is 6. The maximum Gasteiger partial charge on any atom is 0.409 e. The predicted octanol–water partition coefficient (Wildman–Crippen LogP) is 6.13. The molecular weight excluding hydrogens is 1170 g/mol. The van der Waals surface area contributed by atoms with E-state index in [2.05, 4.69) is 31.9 Å². The number of nitrogens with two attached hydrogens (primary N) is 1. The van der Waals surface area contributed by atoms with E-state index >= 15 is 0 Å². The summed E-state index contributed by atoms with van der Waals surface area (Å²) < 4.78 is 35.3. The van der Waals surface area contributed by atoms with Crippen LogP contribution >= 0.6 is 35.6 Å². The number of esters is 1. The van der Waals surface area contributed by atoms with Crippen LogP contribution in [0.5, 0.6) is 5.75 Å². The first-order valence-electron chi connectivity index (χ1n) is 28.3. The van der Waals surface area contributed by atoms with E-state index in [1.165, 1.54) is 49.8 Å². The topological polar surface area (TPSA) is 320 Å². The first-order chi connectivity index (χ1) is 40.3. The van der Waals surface area contributed by atoms with E-state index in [0.29, 0.717) is 40.8 Å². The number of alkyl carbamates (subject to hydrolysis) is 2. The van der Waals surface area contributed by atoms with E-state index in [1.54, 1.807) is 104 Å². The summed E-state index contributed by atoms with van der Waals surface area (Å²) in [4.78, 5) is 109. The third-order valence-electron chi connectivity index (χ3n) is 15.0. The Labute approximate surface area is 517 Å². The van der Waals surface area contributed by atoms with Gasteiger partial charge in [0.1, 0.15) is 62.7 Å². The van der Waals surface area contributed by atoms with Crippen LogP contribution in [-0.4, -0.2) is 162 Å². The number of hydrogen-bond donors (Lipinski definition) is 8. The van der Waals surface area contributed by atoms with Crippen molar-refractivity contribution in [3.63, 3.8) is 0 Å². The zero-order valence-corrected chi connectivity index (χ0v) is 53.5. The third-order valence-corrected chi connectivity index (χ3v) is 16.6. The fourth-order valence-electron chi connectivity index (χ4n) is 9.80. The van der Waals surface area contributed by atoms with Gasteiger partial charge in [-0.25, -0.2) is 19.2 Å². The third kappa shape index (κ3) is 19.7. The molecule has 0 unspecified atom stereocenters. The number of aliphatic hydroxyl groups is 1. The Bertz CT molecular complexity index is 2870. The van der Waals surface area contributed by atoms with E-state index in [1.807, 2.05) is 13.0 Å². The number of allylic oxidation sites excluding steroid dienone is 3. The molecule has 10 atom stereocenters. The largest absolute Gasteiger partial charge is 0.495 e. The van der Waals surface area contributed by atoms with Gasteiger partial charge in [0.25, 0.3) is 0 Å². The molecule has 474 valence electrons. The van der Waals surface area contributed by atoms with Crippen molar-refractivity contribution >= 4 is 99.1 Å². The SMILES string of the molecule is COc1cc2cc(c1Cl)N(C)C(=O)C[C@H](OC(=O)[C@H](C)N(C)C(=O)CCSC(=S)NCc1ccc(NC(=O)[C@H](CCCNC(N)=O)NC(=O)[C@@H](NC(=O)OC(C)(C)C)C(C)C)cc1)[C@]1(C)O[C@H]1[C@H](C)[C@@H]1C[C@@](O)(NC(=O)O1)[C@H](OC)/C=C/C=C(\C)C2. The number of methoxy groups -OCH3 is 2. The highest BCUT2D eigenvalue weighted by atomic mass is 35.5. The van der Waals surface area contributed by atoms with Crippen molar-refractivity contribution in [3.8, 4) is 5.75 Å². The molecule has 24 nitrogen and oxygen atoms in total. The van der Waals surface area contributed by atoms with Gasteiger partial charge < -0.3 is 75.6 Å². The van der Waals surface area contributed by atoms with Crippen LogP contribution in [0.2, 0.25) is 5.02 Å². The number of ether oxygens (including phenoxy) is 6. The van der Waals surface area contributed by atoms with Gasteiger partial charge in [0, 0.05) is 64.5 Å². The zero-order chi connectivity index (χ0) is 64.0. The maximum atomic E-state index is 14.4. The van der Waals surface area contributed by atoms with Crippen molar-refractivity contribution in [1.82, 2.24) is 31.5 Å². The molecule has 5 rings (SSSR count). The summed E-state index contributed by atoms with van der Waals surface area (Å²) in [6.45, 7) is 15.9. The number of carbonyl (C=O) groups is 8. The Kier molecular flexibility index (Phi) is 25.1. The fourth-order valence-corrected chi connectivity index (χ4v) is 11.1. The van der Waals surface area contributed by atoms with Crippen molar-refractivity contribution in [1.29, 1.82) is 0 Å². The highest BCUT2D eigenvalue weighted by Gasteiger charge is 2.64. The van der Waals surface area contributed by atoms with Crippen LogP contribution in [0.3, 0.4) is 0 Å². The molecule has 3 heterocycles. The van der Waals surface area contributed by atoms with Crippen LogP contribution in [0.4, 0.5) is 25.8 Å². The van der Waals surface area contributed by atoms with E-state index in [0.717, 1.165) is 16.7 Å². The minimum atomic E-state index is -1.89. The molecule has 3 aliphatic heterocycles. The Morgan fingerprint density at radius 3 is 2.36 bits per heavy atom. The molecule has 0 aliphatic carbocycles. The van der Waals surface area contributed by atoms with E-state index in [4.69, 9.17) is 58.0 Å². The number of primary amides is 1. The quantitative estimate of drug-likeness (QED) is 0.0243. The molecule has 86 heavy (non-hydrogen) atoms. The number of thiocarbonyl (C=S) groups is 1. The molecule has 0 aromatic heterocycles. The number of epoxide rings is 1. The lowest BCUT2D eigenvalue weighted by molar-refractivity contribution is -0.162. The molecular formula is C59H84ClN9O15S2. The summed E-state index contributed by atoms with van der Waals surface area (Å²) in [5, 5.41) is 28.3. The van der Waals surface area contributed by atoms with Crippen molar-refractivity contribution in [2.45, 2.75) is 167 Å². The molecule has 0 spiro atoms. The molecule has 2 aromatic carbocycles. The average molecular weight is 1260 g/mol. The molecule has 8 amide bonds. The summed E-state index contributed by atoms with van der Waals surface area (Å²) in [5.74, 6) is -3.21. The predicted molar refractivity (Wildman–Crippen MR) is 329 cm³/mol. The van der Waals surface area contributed by atoms with Crippen LogP contribution in [0.25, 0.3) is 0 Å². The lowest BCUT2D eigenvalue weighted by Gasteiger charge is -2.42. The minimum Gasteiger partial charge on any atom is -0.495 e. The highest BCUT2D eigenvalue weighted by molar-refractivity contribution is 8.22. The number of carbonyl (C=O) groups excluding carboxylic acids is 8. The Morgan fingerprint density at radius 1 is 1.05 bits per heavy atom. The van der Waals surface area contributed by atoms with Gasteiger partial charge in [-0.3, -0.25) is 24.5 Å². The van der Waals surface area contributed by atoms with Gasteiger partial charge >= 0.3 is 24.2 Å². The van der Waals surface area contributed by atoms with Gasteiger partial charge in [-0.1, -0.05) is 92.3 Å². The van der Waals surface area contributed by atoms with Crippen molar-refractivity contribution in [3.05, 3.63) is 76.3 Å². The van der Waals surface area contributed by atoms with E-state index in [-0.39, 0.29) is 48.9 Å². The molecule has 2 fully saturated rings. The maximum absolute atomic E-state index is 14.4. The molecule has 0 saturated carbocycles. The van der Waals surface area contributed by atoms with E-state index < -0.39 is 113 Å². The number of nitrogens with zero attached hydrogens (tertiary/aromatic N) is 2. The fraction of sp³-hybridized carbons (Fsp3) is 0.576. The van der Waals surface area contributed by atoms with Crippen LogP contribution in [-0.2, 0) is 60.6 Å². The normalized spacial score (nSPS) is 24.3. The molecule has 0 radical (unpaired) electrons. The Morgan fingerprint density at radius 2 is 1.73 bits per heavy atom. The second kappa shape index (κ2) is 30.8. The van der Waals surface area contributed by atoms with Crippen LogP contribution in [0, 0.1) is 11.8 Å². The highest BCUT2D eigenvalue weighted by Crippen LogP contribution is 2.49. The smallest absolute Gasteiger partial charge is 0.409 e. The summed E-state index contributed by atoms with van der Waals surface area (Å²) in [6, 6.07) is 6.49. The average Bonchev–Trinajstić information content (AvgIpc) is 1.60. The first-order valence-corrected chi connectivity index (χ1v) is 30.0. The monoisotopic (exact) mass is 1260 g/mol. The van der Waals surface area contributed by atoms with Gasteiger partial charge in [-0.15, -0.1) is 0 Å². The summed E-state index contributed by atoms with van der Waals surface area (Å²) in [6.07, 6.45) is -0.0152. The van der Waals surface area contributed by atoms with Gasteiger partial charge in [0.15, 0.2) is 5.72 Å². The zero-order valence-electron chi connectivity index (χ0n) is 51.1. The standard InChI is InChI=1S/C59H84ClN9O15S2/c1-32(2)48(66-54(76)84-57(6,7)8)51(73)65-39(17-15-24-62-53(61)75)50(72)64-38-21-19-36(20-22-38)31-63-56(85)86-25-23-45(70)68(10)35(5)52(74)82-44-29-46(71)69(11)40-27-37(28-41(79-12)47(40)60)26-33(3)16-14-18-43(80-13)59(78)30-42(81-55(77)67-59)34(4)49-58(44,9)83-49/h14,16,18-22,27-28,32,34-35,39,42-44,48-49,78H,15,17,23-26,29-31H2,1-13H3,(H,63,85)(H,64,72)(H,65,73)(H,66,76)(H,67,77)(H3,61,62,75)/b18-14+,33-16+/t34-,35+,39+,42+,43-,44+,48+,49+,58+,59+/m1/s1. The number of hydrogen-bond acceptors (Lipinski definition) is 17. The van der Waals surface area contributed by atoms with Crippen LogP contribution in [0.1, 0.15) is 106 Å². The Hall–Kier alpha value is -6.71. The number of anilines is 2. The van der Waals surface area contributed by atoms with Gasteiger partial charge in [0.2, 0.25) is 23.6 Å². The minimum absolute atomic E-state index is 0.0107. The number of rotatable bonds is 20. The Balaban J connectivity index is 1.20. The number of halogens is 1. The molecule has 27 heteroatoms. The van der Waals surface area contributed by atoms with Gasteiger partial charge in [-0.05, 0) is 102 Å². The number of benzene rings is 2. The van der Waals surface area contributed by atoms with Gasteiger partial charge in [-0.2, -0.15) is 0 Å². The number of fused-ring (bicyclic) bond motifs is 5. The number of amides is 8. The summed E-state index contributed by atoms with van der Waals surface area (Å²) in [5.41, 5.74) is 4.43. The second-order valence-electron chi connectivity index (χ2n) is 23.2. The lowest BCUT2D eigenvalue weighted by atomic mass is 9.83. The summed E-state index contributed by atoms with van der Waals surface area (Å²) in [7, 11) is 5.90. The molecule has 9 N–H and O–H groups in total. The lowest BCUT2D eigenvalue weighted by Crippen LogP contribution is -2.63. The van der Waals surface area contributed by atoms with Crippen LogP contribution < -0.4 is 47.3 Å². The number of urea groups is 1. The first kappa shape index (κ1) is 70.1. The van der Waals surface area contributed by atoms with Crippen molar-refractivity contribution < 1.29 is 71.9 Å². The van der Waals surface area contributed by atoms with E-state index in [9.17, 15) is 43.5 Å². The number of likely N-dealkylation sites (N-methyl/N-ethyl adjacent to an activating group) is 1. The van der Waals surface area contributed by atoms with Crippen molar-refractivity contribution in [2.75, 3.05) is 50.8 Å². The molecule has 2 aromatic rings. The van der Waals surface area contributed by atoms with Gasteiger partial charge in [0.05, 0.1) is 25.3 Å². The number of thioether (sulfide) groups is 1. The molecule has 4 bridgehead atoms. The second-order valence-corrected chi connectivity index (χ2v) is 25.3. The molecule has 3 aliphatic rings. The summed E-state index contributed by atoms with van der Waals surface area (Å²) >= 11 is 13.6. The van der Waals surface area contributed by atoms with Crippen molar-refractivity contribution in [2.24, 2.45) is 17.6 Å².